The number of halogens is 1. The molecule has 0 aromatic carbocycles. The zero-order valence-electron chi connectivity index (χ0n) is 8.25. The van der Waals surface area contributed by atoms with E-state index in [0.717, 1.165) is 5.39 Å². The summed E-state index contributed by atoms with van der Waals surface area (Å²) < 4.78 is 1.42. The number of aromatic nitrogens is 2. The van der Waals surface area contributed by atoms with E-state index in [2.05, 4.69) is 10.3 Å². The highest BCUT2D eigenvalue weighted by atomic mass is 35.5. The number of β-amino-alcohol motifs (C(OH)–C–C–N with tert-alkyl or cyclic N) is 1. The molecule has 0 radical (unpaired) electrons. The van der Waals surface area contributed by atoms with Crippen LogP contribution in [0.25, 0.3) is 11.0 Å². The third-order valence-electron chi connectivity index (χ3n) is 2.58. The quantitative estimate of drug-likeness (QED) is 0.723. The summed E-state index contributed by atoms with van der Waals surface area (Å²) in [6.07, 6.45) is 0.973. The van der Waals surface area contributed by atoms with Crippen LogP contribution in [-0.2, 0) is 0 Å². The summed E-state index contributed by atoms with van der Waals surface area (Å²) in [7, 11) is 0. The Kier molecular flexibility index (Phi) is 2.57. The third kappa shape index (κ3) is 1.36. The van der Waals surface area contributed by atoms with E-state index < -0.39 is 6.10 Å². The number of aliphatic hydroxyl groups is 1. The molecule has 2 aromatic rings. The van der Waals surface area contributed by atoms with Crippen molar-refractivity contribution in [1.82, 2.24) is 14.9 Å². The van der Waals surface area contributed by atoms with E-state index in [0.29, 0.717) is 11.3 Å². The molecule has 84 valence electrons. The van der Waals surface area contributed by atoms with Gasteiger partial charge >= 0.3 is 6.03 Å². The van der Waals surface area contributed by atoms with E-state index in [9.17, 15) is 9.90 Å². The molecule has 3 rings (SSSR count). The van der Waals surface area contributed by atoms with Gasteiger partial charge in [-0.2, -0.15) is 0 Å². The Hall–Kier alpha value is -1.59. The van der Waals surface area contributed by atoms with Gasteiger partial charge in [-0.3, -0.25) is 0 Å². The first-order valence-corrected chi connectivity index (χ1v) is 4.70. The molecular weight excluding hydrogens is 230 g/mol. The second kappa shape index (κ2) is 3.77. The summed E-state index contributed by atoms with van der Waals surface area (Å²) in [6, 6.07) is 5.24. The van der Waals surface area contributed by atoms with Gasteiger partial charge in [-0.05, 0) is 18.2 Å². The molecular formula is C10H10ClN3O2. The largest absolute Gasteiger partial charge is 0.385 e. The van der Waals surface area contributed by atoms with Crippen molar-refractivity contribution >= 4 is 29.5 Å². The number of nitrogens with zero attached hydrogens (tertiary/aromatic N) is 2. The predicted octanol–water partition coefficient (Wildman–Crippen LogP) is 1.06. The van der Waals surface area contributed by atoms with Crippen molar-refractivity contribution in [2.24, 2.45) is 0 Å². The van der Waals surface area contributed by atoms with Crippen LogP contribution in [0.1, 0.15) is 11.8 Å². The smallest absolute Gasteiger partial charge is 0.327 e. The molecule has 3 heterocycles. The van der Waals surface area contributed by atoms with Crippen LogP contribution in [0.15, 0.2) is 24.4 Å². The number of nitrogens with one attached hydrogen (secondary N) is 1. The molecule has 6 heteroatoms. The molecule has 1 amide bonds. The summed E-state index contributed by atoms with van der Waals surface area (Å²) in [5, 5.41) is 13.2. The minimum Gasteiger partial charge on any atom is -0.385 e. The van der Waals surface area contributed by atoms with E-state index in [-0.39, 0.29) is 25.0 Å². The van der Waals surface area contributed by atoms with Crippen molar-refractivity contribution in [1.29, 1.82) is 0 Å². The Bertz CT molecular complexity index is 552. The second-order valence-electron chi connectivity index (χ2n) is 3.52. The van der Waals surface area contributed by atoms with E-state index in [1.807, 2.05) is 6.07 Å². The van der Waals surface area contributed by atoms with E-state index >= 15 is 0 Å². The Morgan fingerprint density at radius 2 is 2.38 bits per heavy atom. The maximum Gasteiger partial charge on any atom is 0.327 e. The van der Waals surface area contributed by atoms with Crippen molar-refractivity contribution < 1.29 is 9.90 Å². The molecule has 2 N–H and O–H groups in total. The average molecular weight is 240 g/mol. The van der Waals surface area contributed by atoms with E-state index in [4.69, 9.17) is 0 Å². The van der Waals surface area contributed by atoms with Gasteiger partial charge in [-0.25, -0.2) is 14.3 Å². The molecule has 0 saturated heterocycles. The topological polar surface area (TPSA) is 67.2 Å². The molecule has 5 nitrogen and oxygen atoms in total. The molecule has 0 fully saturated rings. The Balaban J connectivity index is 0.000000963. The van der Waals surface area contributed by atoms with Crippen LogP contribution < -0.4 is 5.32 Å². The lowest BCUT2D eigenvalue weighted by Gasteiger charge is -2.20. The highest BCUT2D eigenvalue weighted by Crippen LogP contribution is 2.24. The number of fused-ring (bicyclic) bond motifs is 3. The number of aliphatic hydroxyl groups excluding tert-OH is 1. The lowest BCUT2D eigenvalue weighted by molar-refractivity contribution is 0.154. The van der Waals surface area contributed by atoms with Gasteiger partial charge in [0.1, 0.15) is 11.8 Å². The molecule has 0 aliphatic carbocycles. The number of amides is 1. The molecule has 1 atom stereocenters. The molecule has 0 saturated carbocycles. The minimum atomic E-state index is -0.656. The van der Waals surface area contributed by atoms with Crippen molar-refractivity contribution in [3.63, 3.8) is 0 Å². The maximum atomic E-state index is 11.6. The lowest BCUT2D eigenvalue weighted by atomic mass is 10.2. The number of rotatable bonds is 0. The second-order valence-corrected chi connectivity index (χ2v) is 3.52. The van der Waals surface area contributed by atoms with Gasteiger partial charge in [0.05, 0.1) is 12.2 Å². The first-order chi connectivity index (χ1) is 7.27. The van der Waals surface area contributed by atoms with Gasteiger partial charge in [-0.1, -0.05) is 0 Å². The van der Waals surface area contributed by atoms with E-state index in [1.165, 1.54) is 4.57 Å². The fourth-order valence-electron chi connectivity index (χ4n) is 1.88. The van der Waals surface area contributed by atoms with Gasteiger partial charge in [0.2, 0.25) is 0 Å². The summed E-state index contributed by atoms with van der Waals surface area (Å²) in [4.78, 5) is 15.7. The fourth-order valence-corrected chi connectivity index (χ4v) is 1.88. The van der Waals surface area contributed by atoms with E-state index in [1.54, 1.807) is 18.3 Å². The Labute approximate surface area is 97.5 Å². The molecule has 0 spiro atoms. The highest BCUT2D eigenvalue weighted by molar-refractivity contribution is 5.91. The van der Waals surface area contributed by atoms with Gasteiger partial charge in [0.15, 0.2) is 0 Å². The minimum absolute atomic E-state index is 0. The first kappa shape index (κ1) is 10.9. The van der Waals surface area contributed by atoms with Crippen molar-refractivity contribution in [3.05, 3.63) is 30.1 Å². The van der Waals surface area contributed by atoms with Crippen molar-refractivity contribution in [2.75, 3.05) is 6.54 Å². The SMILES string of the molecule is Cl.O=C1NCC(O)c2cc3cccnc3n21. The van der Waals surface area contributed by atoms with Crippen LogP contribution in [0, 0.1) is 0 Å². The van der Waals surface area contributed by atoms with Crippen LogP contribution in [0.2, 0.25) is 0 Å². The summed E-state index contributed by atoms with van der Waals surface area (Å²) in [5.41, 5.74) is 1.19. The Morgan fingerprint density at radius 3 is 3.19 bits per heavy atom. The number of carbonyl (C=O) groups excluding carboxylic acids is 1. The van der Waals surface area contributed by atoms with Gasteiger partial charge in [0.25, 0.3) is 0 Å². The molecule has 16 heavy (non-hydrogen) atoms. The zero-order chi connectivity index (χ0) is 10.4. The number of pyridine rings is 1. The molecule has 0 bridgehead atoms. The maximum absolute atomic E-state index is 11.6. The van der Waals surface area contributed by atoms with Gasteiger partial charge in [0, 0.05) is 11.6 Å². The molecule has 1 aliphatic heterocycles. The molecule has 1 unspecified atom stereocenters. The third-order valence-corrected chi connectivity index (χ3v) is 2.58. The van der Waals surface area contributed by atoms with Crippen LogP contribution in [0.4, 0.5) is 4.79 Å². The zero-order valence-corrected chi connectivity index (χ0v) is 9.07. The van der Waals surface area contributed by atoms with Crippen molar-refractivity contribution in [2.45, 2.75) is 6.10 Å². The van der Waals surface area contributed by atoms with Gasteiger partial charge in [-0.15, -0.1) is 12.4 Å². The average Bonchev–Trinajstić information content (AvgIpc) is 2.64. The number of hydrogen-bond donors (Lipinski definition) is 2. The normalized spacial score (nSPS) is 18.8. The molecule has 2 aromatic heterocycles. The summed E-state index contributed by atoms with van der Waals surface area (Å²) in [5.74, 6) is 0. The Morgan fingerprint density at radius 1 is 1.56 bits per heavy atom. The van der Waals surface area contributed by atoms with Crippen LogP contribution in [0.5, 0.6) is 0 Å². The number of carbonyl (C=O) groups is 1. The summed E-state index contributed by atoms with van der Waals surface area (Å²) >= 11 is 0. The van der Waals surface area contributed by atoms with Crippen molar-refractivity contribution in [3.8, 4) is 0 Å². The van der Waals surface area contributed by atoms with Gasteiger partial charge < -0.3 is 10.4 Å². The highest BCUT2D eigenvalue weighted by Gasteiger charge is 2.25. The fraction of sp³-hybridized carbons (Fsp3) is 0.200. The summed E-state index contributed by atoms with van der Waals surface area (Å²) in [6.45, 7) is 0.259. The predicted molar refractivity (Wildman–Crippen MR) is 60.7 cm³/mol. The van der Waals surface area contributed by atoms with Crippen LogP contribution in [-0.4, -0.2) is 27.2 Å². The lowest BCUT2D eigenvalue weighted by Crippen LogP contribution is -2.39. The number of hydrogen-bond acceptors (Lipinski definition) is 3. The first-order valence-electron chi connectivity index (χ1n) is 4.70. The van der Waals surface area contributed by atoms with Crippen LogP contribution >= 0.6 is 12.4 Å². The standard InChI is InChI=1S/C10H9N3O2.ClH/c14-8-5-12-10(15)13-7(8)4-6-2-1-3-11-9(6)13;/h1-4,8,14H,5H2,(H,12,15);1H. The van der Waals surface area contributed by atoms with Crippen LogP contribution in [0.3, 0.4) is 0 Å². The monoisotopic (exact) mass is 239 g/mol. The molecule has 1 aliphatic rings.